The molecule has 2 N–H and O–H groups in total. The first kappa shape index (κ1) is 22.8. The number of hydrogen-bond acceptors (Lipinski definition) is 4. The molecule has 0 saturated heterocycles. The maximum atomic E-state index is 13.1. The highest BCUT2D eigenvalue weighted by Gasteiger charge is 2.40. The molecule has 0 spiro atoms. The van der Waals surface area contributed by atoms with Gasteiger partial charge in [0.05, 0.1) is 11.1 Å². The Balaban J connectivity index is 1.76. The first-order valence-electron chi connectivity index (χ1n) is 11.0. The van der Waals surface area contributed by atoms with Gasteiger partial charge in [-0.3, -0.25) is 9.59 Å². The van der Waals surface area contributed by atoms with Gasteiger partial charge in [0.1, 0.15) is 12.1 Å². The van der Waals surface area contributed by atoms with Gasteiger partial charge in [0, 0.05) is 24.2 Å². The molecule has 3 rings (SSSR count). The van der Waals surface area contributed by atoms with Gasteiger partial charge < -0.3 is 19.9 Å². The zero-order chi connectivity index (χ0) is 22.6. The highest BCUT2D eigenvalue weighted by Crippen LogP contribution is 2.33. The van der Waals surface area contributed by atoms with Crippen molar-refractivity contribution in [2.24, 2.45) is 5.92 Å². The van der Waals surface area contributed by atoms with Gasteiger partial charge in [0.25, 0.3) is 0 Å². The molecule has 1 aromatic carbocycles. The summed E-state index contributed by atoms with van der Waals surface area (Å²) in [4.78, 5) is 37.4. The van der Waals surface area contributed by atoms with Gasteiger partial charge in [-0.1, -0.05) is 31.9 Å². The van der Waals surface area contributed by atoms with E-state index in [1.165, 1.54) is 6.07 Å². The number of benzene rings is 1. The predicted molar refractivity (Wildman–Crippen MR) is 121 cm³/mol. The molecule has 0 unspecified atom stereocenters. The lowest BCUT2D eigenvalue weighted by molar-refractivity contribution is -0.124. The molecule has 0 aliphatic heterocycles. The number of nitrogens with zero attached hydrogens (tertiary/aromatic N) is 1. The van der Waals surface area contributed by atoms with Gasteiger partial charge in [-0.2, -0.15) is 0 Å². The number of carbonyl (C=O) groups is 2. The second kappa shape index (κ2) is 9.12. The van der Waals surface area contributed by atoms with Gasteiger partial charge in [-0.05, 0) is 51.7 Å². The minimum Gasteiger partial charge on any atom is -0.444 e. The summed E-state index contributed by atoms with van der Waals surface area (Å²) < 4.78 is 7.16. The summed E-state index contributed by atoms with van der Waals surface area (Å²) in [6.45, 7) is 8.00. The summed E-state index contributed by atoms with van der Waals surface area (Å²) in [6, 6.07) is 8.76. The van der Waals surface area contributed by atoms with E-state index in [0.717, 1.165) is 31.2 Å². The van der Waals surface area contributed by atoms with Crippen molar-refractivity contribution in [3.05, 3.63) is 46.8 Å². The van der Waals surface area contributed by atoms with Crippen LogP contribution < -0.4 is 16.1 Å². The maximum Gasteiger partial charge on any atom is 0.407 e. The number of fused-ring (bicyclic) bond motifs is 1. The van der Waals surface area contributed by atoms with Crippen molar-refractivity contribution < 1.29 is 14.3 Å². The summed E-state index contributed by atoms with van der Waals surface area (Å²) in [5, 5.41) is 6.67. The SMILES string of the molecule is C[C@H]1CCCC[C@]1(CNC(=O)OC(C)(C)C)NC(=O)Cn1ccc(=O)c2ccccc21. The topological polar surface area (TPSA) is 89.4 Å². The fraction of sp³-hybridized carbons (Fsp3) is 0.542. The van der Waals surface area contributed by atoms with E-state index in [9.17, 15) is 14.4 Å². The van der Waals surface area contributed by atoms with Gasteiger partial charge in [-0.25, -0.2) is 4.79 Å². The van der Waals surface area contributed by atoms with Gasteiger partial charge >= 0.3 is 6.09 Å². The molecule has 1 fully saturated rings. The Bertz CT molecular complexity index is 1010. The largest absolute Gasteiger partial charge is 0.444 e. The number of para-hydroxylation sites is 1. The van der Waals surface area contributed by atoms with E-state index >= 15 is 0 Å². The monoisotopic (exact) mass is 427 g/mol. The van der Waals surface area contributed by atoms with Gasteiger partial charge in [0.15, 0.2) is 5.43 Å². The van der Waals surface area contributed by atoms with Crippen molar-refractivity contribution >= 4 is 22.9 Å². The van der Waals surface area contributed by atoms with E-state index in [1.807, 2.05) is 39.0 Å². The van der Waals surface area contributed by atoms with Crippen LogP contribution in [-0.2, 0) is 16.1 Å². The number of hydrogen-bond donors (Lipinski definition) is 2. The van der Waals surface area contributed by atoms with Crippen molar-refractivity contribution in [1.82, 2.24) is 15.2 Å². The Morgan fingerprint density at radius 1 is 1.19 bits per heavy atom. The van der Waals surface area contributed by atoms with Crippen molar-refractivity contribution in [1.29, 1.82) is 0 Å². The quantitative estimate of drug-likeness (QED) is 0.763. The third-order valence-corrected chi connectivity index (χ3v) is 5.99. The van der Waals surface area contributed by atoms with E-state index in [1.54, 1.807) is 16.8 Å². The van der Waals surface area contributed by atoms with Crippen molar-refractivity contribution in [3.8, 4) is 0 Å². The highest BCUT2D eigenvalue weighted by molar-refractivity contribution is 5.82. The van der Waals surface area contributed by atoms with Crippen LogP contribution in [0.1, 0.15) is 53.4 Å². The lowest BCUT2D eigenvalue weighted by atomic mass is 9.73. The van der Waals surface area contributed by atoms with Crippen LogP contribution in [0.4, 0.5) is 4.79 Å². The van der Waals surface area contributed by atoms with Crippen LogP contribution in [0.3, 0.4) is 0 Å². The smallest absolute Gasteiger partial charge is 0.407 e. The number of pyridine rings is 1. The molecule has 1 aliphatic rings. The molecule has 168 valence electrons. The Hall–Kier alpha value is -2.83. The third kappa shape index (κ3) is 5.66. The lowest BCUT2D eigenvalue weighted by Crippen LogP contribution is -2.61. The number of nitrogens with one attached hydrogen (secondary N) is 2. The molecule has 7 nitrogen and oxygen atoms in total. The fourth-order valence-electron chi connectivity index (χ4n) is 4.32. The second-order valence-electron chi connectivity index (χ2n) is 9.53. The number of ether oxygens (including phenoxy) is 1. The average molecular weight is 428 g/mol. The zero-order valence-corrected chi connectivity index (χ0v) is 18.9. The average Bonchev–Trinajstić information content (AvgIpc) is 2.70. The Kier molecular flexibility index (Phi) is 6.72. The number of alkyl carbamates (subject to hydrolysis) is 1. The first-order valence-corrected chi connectivity index (χ1v) is 11.0. The molecule has 1 aliphatic carbocycles. The normalized spacial score (nSPS) is 21.5. The highest BCUT2D eigenvalue weighted by atomic mass is 16.6. The van der Waals surface area contributed by atoms with Gasteiger partial charge in [-0.15, -0.1) is 0 Å². The summed E-state index contributed by atoms with van der Waals surface area (Å²) in [7, 11) is 0. The van der Waals surface area contributed by atoms with Crippen LogP contribution in [-0.4, -0.2) is 34.3 Å². The summed E-state index contributed by atoms with van der Waals surface area (Å²) in [5.74, 6) is 0.0689. The van der Waals surface area contributed by atoms with E-state index in [2.05, 4.69) is 17.6 Å². The van der Waals surface area contributed by atoms with Gasteiger partial charge in [0.2, 0.25) is 5.91 Å². The molecule has 1 aromatic heterocycles. The van der Waals surface area contributed by atoms with Crippen LogP contribution in [0.5, 0.6) is 0 Å². The molecular formula is C24H33N3O4. The van der Waals surface area contributed by atoms with Crippen LogP contribution >= 0.6 is 0 Å². The summed E-state index contributed by atoms with van der Waals surface area (Å²) >= 11 is 0. The third-order valence-electron chi connectivity index (χ3n) is 5.99. The standard InChI is InChI=1S/C24H33N3O4/c1-17-9-7-8-13-24(17,16-25-22(30)31-23(2,3)4)26-21(29)15-27-14-12-20(28)18-10-5-6-11-19(18)27/h5-6,10-12,14,17H,7-9,13,15-16H2,1-4H3,(H,25,30)(H,26,29)/t17-,24+/m0/s1. The number of carbonyl (C=O) groups excluding carboxylic acids is 2. The van der Waals surface area contributed by atoms with E-state index in [0.29, 0.717) is 11.9 Å². The second-order valence-corrected chi connectivity index (χ2v) is 9.53. The van der Waals surface area contributed by atoms with Crippen LogP contribution in [0.25, 0.3) is 10.9 Å². The molecular weight excluding hydrogens is 394 g/mol. The molecule has 0 radical (unpaired) electrons. The Morgan fingerprint density at radius 2 is 1.94 bits per heavy atom. The molecule has 2 amide bonds. The molecule has 1 heterocycles. The van der Waals surface area contributed by atoms with Crippen LogP contribution in [0, 0.1) is 5.92 Å². The molecule has 2 aromatic rings. The number of amides is 2. The summed E-state index contributed by atoms with van der Waals surface area (Å²) in [6.07, 6.45) is 5.04. The zero-order valence-electron chi connectivity index (χ0n) is 18.9. The minimum absolute atomic E-state index is 0.0637. The van der Waals surface area contributed by atoms with Crippen molar-refractivity contribution in [2.75, 3.05) is 6.54 Å². The van der Waals surface area contributed by atoms with E-state index in [-0.39, 0.29) is 23.8 Å². The fourth-order valence-corrected chi connectivity index (χ4v) is 4.32. The number of aromatic nitrogens is 1. The molecule has 0 bridgehead atoms. The minimum atomic E-state index is -0.579. The lowest BCUT2D eigenvalue weighted by Gasteiger charge is -2.43. The molecule has 2 atom stereocenters. The van der Waals surface area contributed by atoms with Crippen LogP contribution in [0.15, 0.2) is 41.3 Å². The Labute approximate surface area is 183 Å². The molecule has 1 saturated carbocycles. The maximum absolute atomic E-state index is 13.1. The first-order chi connectivity index (χ1) is 14.6. The molecule has 7 heteroatoms. The van der Waals surface area contributed by atoms with Crippen molar-refractivity contribution in [2.45, 2.75) is 71.1 Å². The molecule has 31 heavy (non-hydrogen) atoms. The van der Waals surface area contributed by atoms with Crippen LogP contribution in [0.2, 0.25) is 0 Å². The van der Waals surface area contributed by atoms with Crippen molar-refractivity contribution in [3.63, 3.8) is 0 Å². The van der Waals surface area contributed by atoms with E-state index < -0.39 is 17.2 Å². The van der Waals surface area contributed by atoms with E-state index in [4.69, 9.17) is 4.74 Å². The number of rotatable bonds is 5. The Morgan fingerprint density at radius 3 is 2.65 bits per heavy atom. The predicted octanol–water partition coefficient (Wildman–Crippen LogP) is 3.59. The summed E-state index contributed by atoms with van der Waals surface area (Å²) in [5.41, 5.74) is -0.445.